The Balaban J connectivity index is 1.40. The fourth-order valence-electron chi connectivity index (χ4n) is 4.26. The van der Waals surface area contributed by atoms with E-state index in [0.29, 0.717) is 0 Å². The average Bonchev–Trinajstić information content (AvgIpc) is 3.27. The summed E-state index contributed by atoms with van der Waals surface area (Å²) in [5.74, 6) is 0. The number of imidazole rings is 1. The number of thiazole rings is 1. The third-order valence-electron chi connectivity index (χ3n) is 5.71. The molecule has 2 atom stereocenters. The highest BCUT2D eigenvalue weighted by molar-refractivity contribution is 9.10. The maximum atomic E-state index is 10.2. The van der Waals surface area contributed by atoms with E-state index in [4.69, 9.17) is 4.98 Å². The summed E-state index contributed by atoms with van der Waals surface area (Å²) in [7, 11) is 0. The predicted octanol–water partition coefficient (Wildman–Crippen LogP) is 5.48. The van der Waals surface area contributed by atoms with Crippen LogP contribution in [0.3, 0.4) is 0 Å². The first-order chi connectivity index (χ1) is 14.1. The summed E-state index contributed by atoms with van der Waals surface area (Å²) in [6.07, 6.45) is 5.80. The Morgan fingerprint density at radius 2 is 2.07 bits per heavy atom. The molecule has 5 nitrogen and oxygen atoms in total. The Hall–Kier alpha value is -1.96. The van der Waals surface area contributed by atoms with E-state index in [1.54, 1.807) is 11.3 Å². The molecule has 2 aromatic heterocycles. The number of benzene rings is 2. The summed E-state index contributed by atoms with van der Waals surface area (Å²) < 4.78 is 4.43. The molecule has 29 heavy (non-hydrogen) atoms. The highest BCUT2D eigenvalue weighted by atomic mass is 79.9. The van der Waals surface area contributed by atoms with Gasteiger partial charge in [-0.2, -0.15) is 0 Å². The molecule has 0 amide bonds. The van der Waals surface area contributed by atoms with Crippen molar-refractivity contribution in [2.45, 2.75) is 51.3 Å². The number of hydrogen-bond acceptors (Lipinski definition) is 5. The van der Waals surface area contributed by atoms with Crippen molar-refractivity contribution >= 4 is 53.6 Å². The van der Waals surface area contributed by atoms with Crippen LogP contribution in [-0.2, 0) is 6.54 Å². The van der Waals surface area contributed by atoms with Gasteiger partial charge < -0.3 is 15.0 Å². The number of rotatable bonds is 4. The number of nitrogens with one attached hydrogen (secondary N) is 1. The second-order valence-electron chi connectivity index (χ2n) is 7.89. The number of nitrogens with zero attached hydrogens (tertiary/aromatic N) is 3. The van der Waals surface area contributed by atoms with Gasteiger partial charge in [-0.05, 0) is 55.2 Å². The lowest BCUT2D eigenvalue weighted by molar-refractivity contribution is 0.116. The van der Waals surface area contributed by atoms with Crippen molar-refractivity contribution in [2.24, 2.45) is 0 Å². The van der Waals surface area contributed by atoms with Crippen LogP contribution in [0.5, 0.6) is 0 Å². The molecule has 2 N–H and O–H groups in total. The van der Waals surface area contributed by atoms with E-state index >= 15 is 0 Å². The Labute approximate surface area is 181 Å². The smallest absolute Gasteiger partial charge is 0.184 e. The minimum Gasteiger partial charge on any atom is -0.391 e. The minimum atomic E-state index is -0.274. The molecule has 5 rings (SSSR count). The molecule has 1 fully saturated rings. The zero-order valence-electron chi connectivity index (χ0n) is 16.2. The van der Waals surface area contributed by atoms with Gasteiger partial charge in [-0.1, -0.05) is 46.2 Å². The standard InChI is InChI=1S/C22H23BrN4OS/c1-13-8-15(23)10-18-21(13)27(12-24-18)11-14-6-7-17-20(9-14)29-22(26-17)25-16-4-2-3-5-19(16)28/h6-10,12,16,19,28H,2-5,11H2,1H3,(H,25,26). The molecule has 4 aromatic rings. The van der Waals surface area contributed by atoms with Crippen molar-refractivity contribution in [3.05, 3.63) is 52.3 Å². The van der Waals surface area contributed by atoms with Crippen molar-refractivity contribution in [3.8, 4) is 0 Å². The number of hydrogen-bond donors (Lipinski definition) is 2. The van der Waals surface area contributed by atoms with E-state index in [1.165, 1.54) is 27.8 Å². The van der Waals surface area contributed by atoms with Crippen LogP contribution in [-0.4, -0.2) is 31.8 Å². The molecule has 1 aliphatic rings. The van der Waals surface area contributed by atoms with Gasteiger partial charge in [0.15, 0.2) is 5.13 Å². The van der Waals surface area contributed by atoms with Gasteiger partial charge >= 0.3 is 0 Å². The number of aromatic nitrogens is 3. The fourth-order valence-corrected chi connectivity index (χ4v) is 5.81. The van der Waals surface area contributed by atoms with E-state index in [0.717, 1.165) is 46.4 Å². The van der Waals surface area contributed by atoms with Crippen molar-refractivity contribution in [1.29, 1.82) is 0 Å². The van der Waals surface area contributed by atoms with Crippen LogP contribution in [0.25, 0.3) is 21.3 Å². The second-order valence-corrected chi connectivity index (χ2v) is 9.83. The zero-order chi connectivity index (χ0) is 20.0. The average molecular weight is 471 g/mol. The zero-order valence-corrected chi connectivity index (χ0v) is 18.6. The summed E-state index contributed by atoms with van der Waals surface area (Å²) in [5, 5.41) is 14.6. The fraction of sp³-hybridized carbons (Fsp3) is 0.364. The van der Waals surface area contributed by atoms with Crippen LogP contribution in [0.2, 0.25) is 0 Å². The SMILES string of the molecule is Cc1cc(Br)cc2ncn(Cc3ccc4nc(NC5CCCCC5O)sc4c3)c12. The molecular weight excluding hydrogens is 448 g/mol. The van der Waals surface area contributed by atoms with Gasteiger partial charge in [0, 0.05) is 11.0 Å². The number of fused-ring (bicyclic) bond motifs is 2. The molecule has 150 valence electrons. The molecule has 2 unspecified atom stereocenters. The largest absolute Gasteiger partial charge is 0.391 e. The van der Waals surface area contributed by atoms with E-state index in [9.17, 15) is 5.11 Å². The molecule has 2 heterocycles. The van der Waals surface area contributed by atoms with E-state index < -0.39 is 0 Å². The Morgan fingerprint density at radius 1 is 1.21 bits per heavy atom. The van der Waals surface area contributed by atoms with Crippen LogP contribution in [0.15, 0.2) is 41.1 Å². The third kappa shape index (κ3) is 3.79. The van der Waals surface area contributed by atoms with Gasteiger partial charge in [-0.3, -0.25) is 0 Å². The molecule has 0 radical (unpaired) electrons. The van der Waals surface area contributed by atoms with Crippen molar-refractivity contribution in [1.82, 2.24) is 14.5 Å². The maximum Gasteiger partial charge on any atom is 0.184 e. The number of aryl methyl sites for hydroxylation is 1. The van der Waals surface area contributed by atoms with E-state index in [-0.39, 0.29) is 12.1 Å². The summed E-state index contributed by atoms with van der Waals surface area (Å²) in [6, 6.07) is 10.7. The second kappa shape index (κ2) is 7.70. The number of aliphatic hydroxyl groups excluding tert-OH is 1. The van der Waals surface area contributed by atoms with E-state index in [2.05, 4.69) is 68.1 Å². The van der Waals surface area contributed by atoms with Gasteiger partial charge in [-0.15, -0.1) is 0 Å². The monoisotopic (exact) mass is 470 g/mol. The lowest BCUT2D eigenvalue weighted by Gasteiger charge is -2.27. The van der Waals surface area contributed by atoms with Crippen LogP contribution >= 0.6 is 27.3 Å². The Bertz CT molecular complexity index is 1180. The number of aliphatic hydroxyl groups is 1. The molecule has 0 spiro atoms. The molecule has 1 saturated carbocycles. The van der Waals surface area contributed by atoms with Gasteiger partial charge in [0.2, 0.25) is 0 Å². The molecule has 0 aliphatic heterocycles. The molecule has 2 aromatic carbocycles. The summed E-state index contributed by atoms with van der Waals surface area (Å²) in [5.41, 5.74) is 5.62. The molecular formula is C22H23BrN4OS. The Kier molecular flexibility index (Phi) is 5.05. The van der Waals surface area contributed by atoms with Crippen LogP contribution in [0.1, 0.15) is 36.8 Å². The van der Waals surface area contributed by atoms with Gasteiger partial charge in [0.25, 0.3) is 0 Å². The first kappa shape index (κ1) is 19.0. The van der Waals surface area contributed by atoms with Gasteiger partial charge in [-0.25, -0.2) is 9.97 Å². The molecule has 0 saturated heterocycles. The molecule has 7 heteroatoms. The summed E-state index contributed by atoms with van der Waals surface area (Å²) in [4.78, 5) is 9.29. The highest BCUT2D eigenvalue weighted by Crippen LogP contribution is 2.30. The van der Waals surface area contributed by atoms with Crippen LogP contribution < -0.4 is 5.32 Å². The van der Waals surface area contributed by atoms with Crippen LogP contribution in [0, 0.1) is 6.92 Å². The van der Waals surface area contributed by atoms with Crippen molar-refractivity contribution in [3.63, 3.8) is 0 Å². The van der Waals surface area contributed by atoms with Crippen LogP contribution in [0.4, 0.5) is 5.13 Å². The normalized spacial score (nSPS) is 19.8. The van der Waals surface area contributed by atoms with E-state index in [1.807, 2.05) is 6.33 Å². The maximum absolute atomic E-state index is 10.2. The highest BCUT2D eigenvalue weighted by Gasteiger charge is 2.23. The lowest BCUT2D eigenvalue weighted by Crippen LogP contribution is -2.36. The predicted molar refractivity (Wildman–Crippen MR) is 123 cm³/mol. The quantitative estimate of drug-likeness (QED) is 0.414. The first-order valence-corrected chi connectivity index (χ1v) is 11.6. The summed E-state index contributed by atoms with van der Waals surface area (Å²) in [6.45, 7) is 2.90. The van der Waals surface area contributed by atoms with Gasteiger partial charge in [0.05, 0.1) is 39.7 Å². The third-order valence-corrected chi connectivity index (χ3v) is 7.12. The minimum absolute atomic E-state index is 0.114. The number of anilines is 1. The lowest BCUT2D eigenvalue weighted by atomic mass is 9.93. The Morgan fingerprint density at radius 3 is 2.93 bits per heavy atom. The van der Waals surface area contributed by atoms with Crippen molar-refractivity contribution < 1.29 is 5.11 Å². The topological polar surface area (TPSA) is 63.0 Å². The summed E-state index contributed by atoms with van der Waals surface area (Å²) >= 11 is 5.22. The first-order valence-electron chi connectivity index (χ1n) is 10.0. The van der Waals surface area contributed by atoms with Crippen molar-refractivity contribution in [2.75, 3.05) is 5.32 Å². The molecule has 1 aliphatic carbocycles. The molecule has 0 bridgehead atoms. The van der Waals surface area contributed by atoms with Gasteiger partial charge in [0.1, 0.15) is 0 Å². The number of halogens is 1.